The molecule has 0 atom stereocenters. The third-order valence-corrected chi connectivity index (χ3v) is 3.35. The number of benzene rings is 2. The van der Waals surface area contributed by atoms with Crippen LogP contribution in [0.4, 0.5) is 5.69 Å². The number of anilines is 1. The van der Waals surface area contributed by atoms with Crippen LogP contribution in [0, 0.1) is 13.8 Å². The zero-order valence-electron chi connectivity index (χ0n) is 13.0. The molecule has 0 amide bonds. The first-order chi connectivity index (χ1) is 10.2. The second-order valence-electron chi connectivity index (χ2n) is 5.12. The molecule has 0 unspecified atom stereocenters. The van der Waals surface area contributed by atoms with Gasteiger partial charge in [-0.05, 0) is 56.2 Å². The van der Waals surface area contributed by atoms with Crippen LogP contribution in [0.2, 0.25) is 0 Å². The fraction of sp³-hybridized carbons (Fsp3) is 0.333. The Kier molecular flexibility index (Phi) is 5.50. The van der Waals surface area contributed by atoms with E-state index in [9.17, 15) is 0 Å². The van der Waals surface area contributed by atoms with Crippen LogP contribution in [0.3, 0.4) is 0 Å². The fourth-order valence-corrected chi connectivity index (χ4v) is 2.17. The van der Waals surface area contributed by atoms with Gasteiger partial charge in [0.25, 0.3) is 0 Å². The highest BCUT2D eigenvalue weighted by Gasteiger charge is 1.98. The summed E-state index contributed by atoms with van der Waals surface area (Å²) in [5.41, 5.74) is 3.78. The van der Waals surface area contributed by atoms with Gasteiger partial charge in [0, 0.05) is 12.2 Å². The summed E-state index contributed by atoms with van der Waals surface area (Å²) >= 11 is 0. The van der Waals surface area contributed by atoms with E-state index in [0.29, 0.717) is 6.61 Å². The fourth-order valence-electron chi connectivity index (χ4n) is 2.17. The molecule has 0 aliphatic rings. The predicted octanol–water partition coefficient (Wildman–Crippen LogP) is 4.19. The third kappa shape index (κ3) is 4.71. The van der Waals surface area contributed by atoms with Crippen molar-refractivity contribution < 1.29 is 9.47 Å². The molecular weight excluding hydrogens is 262 g/mol. The average molecular weight is 285 g/mol. The largest absolute Gasteiger partial charge is 0.497 e. The number of hydrogen-bond donors (Lipinski definition) is 1. The van der Waals surface area contributed by atoms with Crippen molar-refractivity contribution in [3.63, 3.8) is 0 Å². The molecule has 0 aliphatic carbocycles. The lowest BCUT2D eigenvalue weighted by Gasteiger charge is -2.11. The van der Waals surface area contributed by atoms with Gasteiger partial charge >= 0.3 is 0 Å². The molecule has 2 aromatic rings. The number of nitrogens with one attached hydrogen (secondary N) is 1. The Hall–Kier alpha value is -2.16. The van der Waals surface area contributed by atoms with Crippen molar-refractivity contribution >= 4 is 5.69 Å². The second-order valence-corrected chi connectivity index (χ2v) is 5.12. The highest BCUT2D eigenvalue weighted by atomic mass is 16.5. The number of hydrogen-bond acceptors (Lipinski definition) is 3. The van der Waals surface area contributed by atoms with Crippen LogP contribution in [-0.2, 0) is 0 Å². The quantitative estimate of drug-likeness (QED) is 0.774. The van der Waals surface area contributed by atoms with Gasteiger partial charge < -0.3 is 14.8 Å². The van der Waals surface area contributed by atoms with Crippen LogP contribution in [0.1, 0.15) is 17.5 Å². The van der Waals surface area contributed by atoms with Crippen LogP contribution < -0.4 is 14.8 Å². The van der Waals surface area contributed by atoms with Gasteiger partial charge in [-0.3, -0.25) is 0 Å². The van der Waals surface area contributed by atoms with Crippen LogP contribution in [-0.4, -0.2) is 20.3 Å². The molecular formula is C18H23NO2. The molecule has 0 saturated carbocycles. The normalized spacial score (nSPS) is 10.2. The topological polar surface area (TPSA) is 30.5 Å². The smallest absolute Gasteiger partial charge is 0.119 e. The molecule has 2 rings (SSSR count). The lowest BCUT2D eigenvalue weighted by Crippen LogP contribution is -2.08. The molecule has 0 bridgehead atoms. The van der Waals surface area contributed by atoms with Crippen LogP contribution in [0.5, 0.6) is 11.5 Å². The highest BCUT2D eigenvalue weighted by Crippen LogP contribution is 2.18. The average Bonchev–Trinajstić information content (AvgIpc) is 2.49. The third-order valence-electron chi connectivity index (χ3n) is 3.35. The zero-order valence-corrected chi connectivity index (χ0v) is 13.0. The van der Waals surface area contributed by atoms with E-state index < -0.39 is 0 Å². The van der Waals surface area contributed by atoms with Crippen molar-refractivity contribution in [2.45, 2.75) is 20.3 Å². The van der Waals surface area contributed by atoms with E-state index >= 15 is 0 Å². The molecule has 2 aromatic carbocycles. The molecule has 0 aliphatic heterocycles. The van der Waals surface area contributed by atoms with Gasteiger partial charge in [0.1, 0.15) is 11.5 Å². The van der Waals surface area contributed by atoms with Gasteiger partial charge in [-0.2, -0.15) is 0 Å². The zero-order chi connectivity index (χ0) is 15.1. The van der Waals surface area contributed by atoms with Crippen LogP contribution >= 0.6 is 0 Å². The Morgan fingerprint density at radius 3 is 2.33 bits per heavy atom. The van der Waals surface area contributed by atoms with Crippen molar-refractivity contribution in [2.75, 3.05) is 25.6 Å². The number of ether oxygens (including phenoxy) is 2. The number of aryl methyl sites for hydroxylation is 2. The number of rotatable bonds is 7. The Labute approximate surface area is 126 Å². The van der Waals surface area contributed by atoms with Gasteiger partial charge in [-0.25, -0.2) is 0 Å². The predicted molar refractivity (Wildman–Crippen MR) is 87.5 cm³/mol. The van der Waals surface area contributed by atoms with Crippen molar-refractivity contribution in [3.8, 4) is 11.5 Å². The van der Waals surface area contributed by atoms with Crippen molar-refractivity contribution in [1.82, 2.24) is 0 Å². The van der Waals surface area contributed by atoms with Gasteiger partial charge in [0.15, 0.2) is 0 Å². The Morgan fingerprint density at radius 1 is 0.952 bits per heavy atom. The summed E-state index contributed by atoms with van der Waals surface area (Å²) in [6.45, 7) is 5.84. The standard InChI is InChI=1S/C18H23NO2/c1-14-5-10-18(15(2)13-14)19-11-4-12-21-17-8-6-16(20-3)7-9-17/h5-10,13,19H,4,11-12H2,1-3H3. The molecule has 3 heteroatoms. The van der Waals surface area contributed by atoms with Crippen LogP contribution in [0.25, 0.3) is 0 Å². The van der Waals surface area contributed by atoms with E-state index in [4.69, 9.17) is 9.47 Å². The van der Waals surface area contributed by atoms with E-state index in [1.54, 1.807) is 7.11 Å². The maximum absolute atomic E-state index is 5.70. The minimum atomic E-state index is 0.699. The SMILES string of the molecule is COc1ccc(OCCCNc2ccc(C)cc2C)cc1. The summed E-state index contributed by atoms with van der Waals surface area (Å²) in [6, 6.07) is 14.1. The van der Waals surface area contributed by atoms with E-state index in [-0.39, 0.29) is 0 Å². The molecule has 1 N–H and O–H groups in total. The molecule has 0 saturated heterocycles. The summed E-state index contributed by atoms with van der Waals surface area (Å²) in [5, 5.41) is 3.44. The first-order valence-corrected chi connectivity index (χ1v) is 7.27. The molecule has 21 heavy (non-hydrogen) atoms. The van der Waals surface area contributed by atoms with Crippen molar-refractivity contribution in [3.05, 3.63) is 53.6 Å². The minimum Gasteiger partial charge on any atom is -0.497 e. The first-order valence-electron chi connectivity index (χ1n) is 7.27. The van der Waals surface area contributed by atoms with Gasteiger partial charge in [-0.1, -0.05) is 17.7 Å². The Morgan fingerprint density at radius 2 is 1.67 bits per heavy atom. The Balaban J connectivity index is 1.69. The van der Waals surface area contributed by atoms with E-state index in [1.165, 1.54) is 16.8 Å². The van der Waals surface area contributed by atoms with E-state index in [0.717, 1.165) is 24.5 Å². The summed E-state index contributed by atoms with van der Waals surface area (Å²) in [5.74, 6) is 1.72. The molecule has 0 spiro atoms. The van der Waals surface area contributed by atoms with Crippen molar-refractivity contribution in [1.29, 1.82) is 0 Å². The molecule has 0 radical (unpaired) electrons. The van der Waals surface area contributed by atoms with Crippen molar-refractivity contribution in [2.24, 2.45) is 0 Å². The van der Waals surface area contributed by atoms with Gasteiger partial charge in [0.2, 0.25) is 0 Å². The maximum Gasteiger partial charge on any atom is 0.119 e. The first kappa shape index (κ1) is 15.2. The molecule has 112 valence electrons. The van der Waals surface area contributed by atoms with E-state index in [1.807, 2.05) is 24.3 Å². The van der Waals surface area contributed by atoms with E-state index in [2.05, 4.69) is 37.4 Å². The summed E-state index contributed by atoms with van der Waals surface area (Å²) in [4.78, 5) is 0. The molecule has 0 fully saturated rings. The summed E-state index contributed by atoms with van der Waals surface area (Å²) in [6.07, 6.45) is 0.958. The monoisotopic (exact) mass is 285 g/mol. The highest BCUT2D eigenvalue weighted by molar-refractivity contribution is 5.51. The molecule has 0 aromatic heterocycles. The Bertz CT molecular complexity index is 564. The lowest BCUT2D eigenvalue weighted by atomic mass is 10.1. The molecule has 0 heterocycles. The van der Waals surface area contributed by atoms with Gasteiger partial charge in [-0.15, -0.1) is 0 Å². The lowest BCUT2D eigenvalue weighted by molar-refractivity contribution is 0.314. The molecule has 3 nitrogen and oxygen atoms in total. The minimum absolute atomic E-state index is 0.699. The van der Waals surface area contributed by atoms with Gasteiger partial charge in [0.05, 0.1) is 13.7 Å². The number of methoxy groups -OCH3 is 1. The summed E-state index contributed by atoms with van der Waals surface area (Å²) in [7, 11) is 1.66. The second kappa shape index (κ2) is 7.58. The summed E-state index contributed by atoms with van der Waals surface area (Å²) < 4.78 is 10.8. The maximum atomic E-state index is 5.70. The van der Waals surface area contributed by atoms with Crippen LogP contribution in [0.15, 0.2) is 42.5 Å².